The maximum atomic E-state index is 12.2. The first kappa shape index (κ1) is 29.3. The number of carbonyl (C=O) groups excluding carboxylic acids is 4. The van der Waals surface area contributed by atoms with Gasteiger partial charge in [-0.2, -0.15) is 0 Å². The number of primary amides is 1. The molecule has 4 amide bonds. The fourth-order valence-electron chi connectivity index (χ4n) is 2.96. The van der Waals surface area contributed by atoms with Crippen molar-refractivity contribution in [3.8, 4) is 0 Å². The molecular weight excluding hydrogens is 428 g/mol. The van der Waals surface area contributed by atoms with Crippen LogP contribution in [0.4, 0.5) is 0 Å². The van der Waals surface area contributed by atoms with Crippen LogP contribution < -0.4 is 11.1 Å². The molecule has 0 spiro atoms. The molecule has 1 aromatic rings. The lowest BCUT2D eigenvalue weighted by molar-refractivity contribution is -0.150. The normalized spacial score (nSPS) is 15.6. The molecule has 10 heteroatoms. The first-order chi connectivity index (χ1) is 15.6. The Morgan fingerprint density at radius 1 is 1.27 bits per heavy atom. The van der Waals surface area contributed by atoms with Crippen LogP contribution in [-0.4, -0.2) is 76.7 Å². The smallest absolute Gasteiger partial charge is 0.290 e. The summed E-state index contributed by atoms with van der Waals surface area (Å²) >= 11 is 0. The minimum absolute atomic E-state index is 0.0692. The number of carbonyl (C=O) groups is 5. The molecule has 0 aliphatic carbocycles. The van der Waals surface area contributed by atoms with Crippen molar-refractivity contribution in [2.75, 3.05) is 19.6 Å². The van der Waals surface area contributed by atoms with Gasteiger partial charge in [-0.1, -0.05) is 42.5 Å². The van der Waals surface area contributed by atoms with Crippen LogP contribution >= 0.6 is 0 Å². The fourth-order valence-corrected chi connectivity index (χ4v) is 2.96. The zero-order valence-corrected chi connectivity index (χ0v) is 19.4. The zero-order chi connectivity index (χ0) is 25.4. The maximum absolute atomic E-state index is 12.2. The van der Waals surface area contributed by atoms with Crippen molar-refractivity contribution in [2.45, 2.75) is 45.7 Å². The summed E-state index contributed by atoms with van der Waals surface area (Å²) in [4.78, 5) is 57.8. The molecule has 0 bridgehead atoms. The van der Waals surface area contributed by atoms with Crippen LogP contribution in [0.25, 0.3) is 0 Å². The van der Waals surface area contributed by atoms with Crippen molar-refractivity contribution in [3.05, 3.63) is 48.6 Å². The molecule has 0 saturated carbocycles. The van der Waals surface area contributed by atoms with E-state index in [0.717, 1.165) is 0 Å². The second-order valence-electron chi connectivity index (χ2n) is 7.41. The van der Waals surface area contributed by atoms with Gasteiger partial charge in [-0.15, -0.1) is 0 Å². The summed E-state index contributed by atoms with van der Waals surface area (Å²) in [5, 5.41) is 9.61. The van der Waals surface area contributed by atoms with Gasteiger partial charge in [0.25, 0.3) is 6.47 Å². The molecule has 33 heavy (non-hydrogen) atoms. The number of aryl methyl sites for hydroxylation is 1. The topological polar surface area (TPSA) is 150 Å². The third-order valence-corrected chi connectivity index (χ3v) is 4.71. The minimum atomic E-state index is -0.616. The second kappa shape index (κ2) is 16.0. The molecule has 182 valence electrons. The van der Waals surface area contributed by atoms with Gasteiger partial charge in [0.2, 0.25) is 23.6 Å². The maximum Gasteiger partial charge on any atom is 0.290 e. The minimum Gasteiger partial charge on any atom is -0.483 e. The van der Waals surface area contributed by atoms with Crippen LogP contribution in [0.2, 0.25) is 0 Å². The Bertz CT molecular complexity index is 799. The van der Waals surface area contributed by atoms with Gasteiger partial charge in [0.1, 0.15) is 6.04 Å². The number of carboxylic acid groups (broad SMARTS) is 1. The van der Waals surface area contributed by atoms with Gasteiger partial charge < -0.3 is 26.0 Å². The highest BCUT2D eigenvalue weighted by Gasteiger charge is 2.34. The number of amides is 4. The van der Waals surface area contributed by atoms with Crippen molar-refractivity contribution in [1.82, 2.24) is 15.1 Å². The fraction of sp³-hybridized carbons (Fsp3) is 0.435. The van der Waals surface area contributed by atoms with Crippen molar-refractivity contribution in [1.29, 1.82) is 0 Å². The molecule has 1 aromatic carbocycles. The molecule has 1 saturated heterocycles. The summed E-state index contributed by atoms with van der Waals surface area (Å²) in [6.45, 7) is 9.24. The van der Waals surface area contributed by atoms with E-state index in [4.69, 9.17) is 15.6 Å². The number of rotatable bonds is 7. The monoisotopic (exact) mass is 462 g/mol. The molecule has 1 aliphatic heterocycles. The number of nitrogens with one attached hydrogen (secondary N) is 1. The predicted molar refractivity (Wildman–Crippen MR) is 124 cm³/mol. The van der Waals surface area contributed by atoms with Crippen LogP contribution in [0.3, 0.4) is 0 Å². The van der Waals surface area contributed by atoms with Crippen molar-refractivity contribution in [3.63, 3.8) is 0 Å². The lowest BCUT2D eigenvalue weighted by atomic mass is 10.1. The molecular formula is C23H34N4O6. The number of nitrogens with zero attached hydrogens (tertiary/aromatic N) is 2. The Hall–Kier alpha value is -3.69. The molecule has 10 nitrogen and oxygen atoms in total. The quantitative estimate of drug-likeness (QED) is 0.401. The van der Waals surface area contributed by atoms with E-state index in [2.05, 4.69) is 31.0 Å². The molecule has 1 aliphatic rings. The van der Waals surface area contributed by atoms with E-state index in [0.29, 0.717) is 19.5 Å². The lowest BCUT2D eigenvalue weighted by Gasteiger charge is -2.38. The van der Waals surface area contributed by atoms with Gasteiger partial charge in [0, 0.05) is 25.6 Å². The third-order valence-electron chi connectivity index (χ3n) is 4.71. The lowest BCUT2D eigenvalue weighted by Crippen LogP contribution is -2.59. The van der Waals surface area contributed by atoms with Crippen LogP contribution in [0, 0.1) is 6.92 Å². The molecule has 0 radical (unpaired) electrons. The van der Waals surface area contributed by atoms with Gasteiger partial charge in [0.15, 0.2) is 0 Å². The van der Waals surface area contributed by atoms with E-state index in [1.54, 1.807) is 13.8 Å². The Morgan fingerprint density at radius 2 is 1.85 bits per heavy atom. The molecule has 0 aromatic heterocycles. The molecule has 1 heterocycles. The van der Waals surface area contributed by atoms with E-state index in [-0.39, 0.29) is 43.2 Å². The van der Waals surface area contributed by atoms with Gasteiger partial charge in [-0.3, -0.25) is 24.0 Å². The summed E-state index contributed by atoms with van der Waals surface area (Å²) in [7, 11) is 0. The van der Waals surface area contributed by atoms with E-state index in [9.17, 15) is 19.2 Å². The van der Waals surface area contributed by atoms with Crippen molar-refractivity contribution in [2.24, 2.45) is 5.73 Å². The first-order valence-corrected chi connectivity index (χ1v) is 10.5. The van der Waals surface area contributed by atoms with Crippen molar-refractivity contribution >= 4 is 30.1 Å². The highest BCUT2D eigenvalue weighted by molar-refractivity contribution is 5.94. The Labute approximate surface area is 194 Å². The van der Waals surface area contributed by atoms with Gasteiger partial charge in [0.05, 0.1) is 6.54 Å². The summed E-state index contributed by atoms with van der Waals surface area (Å²) < 4.78 is 0. The molecule has 4 N–H and O–H groups in total. The number of piperazine rings is 1. The molecule has 2 rings (SSSR count). The largest absolute Gasteiger partial charge is 0.483 e. The SMILES string of the molecule is C=CC(=O)N1CCN(CC(=O)NC(C)CCC(N)=O)C(=O)C1C.Cc1ccccc1.O=CO. The summed E-state index contributed by atoms with van der Waals surface area (Å²) in [5.74, 6) is -1.29. The standard InChI is InChI=1S/C15H24N4O4.C7H8.CH2O2/c1-4-14(22)19-8-7-18(15(23)11(19)3)9-13(21)17-10(2)5-6-12(16)20;1-7-5-3-2-4-6-7;2-1-3/h4,10-11H,1,5-9H2,2-3H3,(H2,16,20)(H,17,21);2-6H,1H3;1H,(H,2,3). The molecule has 2 atom stereocenters. The van der Waals surface area contributed by atoms with Gasteiger partial charge >= 0.3 is 0 Å². The third kappa shape index (κ3) is 12.1. The summed E-state index contributed by atoms with van der Waals surface area (Å²) in [6.07, 6.45) is 1.82. The number of benzene rings is 1. The predicted octanol–water partition coefficient (Wildman–Crippen LogP) is 0.698. The Balaban J connectivity index is 0.000000843. The van der Waals surface area contributed by atoms with Gasteiger partial charge in [-0.05, 0) is 33.3 Å². The summed E-state index contributed by atoms with van der Waals surface area (Å²) in [6, 6.07) is 9.44. The number of nitrogens with two attached hydrogens (primary N) is 1. The van der Waals surface area contributed by atoms with E-state index in [1.165, 1.54) is 21.4 Å². The zero-order valence-electron chi connectivity index (χ0n) is 19.4. The molecule has 1 fully saturated rings. The van der Waals surface area contributed by atoms with Crippen LogP contribution in [0.5, 0.6) is 0 Å². The van der Waals surface area contributed by atoms with Gasteiger partial charge in [-0.25, -0.2) is 0 Å². The summed E-state index contributed by atoms with van der Waals surface area (Å²) in [5.41, 5.74) is 6.38. The van der Waals surface area contributed by atoms with Crippen molar-refractivity contribution < 1.29 is 29.1 Å². The van der Waals surface area contributed by atoms with Crippen LogP contribution in [0.1, 0.15) is 32.3 Å². The van der Waals surface area contributed by atoms with E-state index < -0.39 is 11.9 Å². The Kier molecular flexibility index (Phi) is 14.2. The van der Waals surface area contributed by atoms with E-state index >= 15 is 0 Å². The first-order valence-electron chi connectivity index (χ1n) is 10.5. The average Bonchev–Trinajstić information content (AvgIpc) is 2.76. The second-order valence-corrected chi connectivity index (χ2v) is 7.41. The Morgan fingerprint density at radius 3 is 2.30 bits per heavy atom. The van der Waals surface area contributed by atoms with E-state index in [1.807, 2.05) is 18.2 Å². The number of hydrogen-bond acceptors (Lipinski definition) is 5. The highest BCUT2D eigenvalue weighted by Crippen LogP contribution is 2.11. The average molecular weight is 463 g/mol. The van der Waals surface area contributed by atoms with Crippen LogP contribution in [-0.2, 0) is 24.0 Å². The highest BCUT2D eigenvalue weighted by atomic mass is 16.3. The molecule has 2 unspecified atom stereocenters. The number of hydrogen-bond donors (Lipinski definition) is 3. The van der Waals surface area contributed by atoms with Crippen LogP contribution in [0.15, 0.2) is 43.0 Å².